The summed E-state index contributed by atoms with van der Waals surface area (Å²) in [4.78, 5) is 11.7. The second kappa shape index (κ2) is 6.06. The largest absolute Gasteiger partial charge is 0.479 e. The van der Waals surface area contributed by atoms with Crippen LogP contribution in [0.5, 0.6) is 5.75 Å². The molecule has 0 amide bonds. The summed E-state index contributed by atoms with van der Waals surface area (Å²) in [5.41, 5.74) is 8.41. The Labute approximate surface area is 113 Å². The minimum Gasteiger partial charge on any atom is -0.479 e. The maximum atomic E-state index is 11.7. The van der Waals surface area contributed by atoms with Crippen LogP contribution in [-0.2, 0) is 16.0 Å². The van der Waals surface area contributed by atoms with E-state index in [4.69, 9.17) is 15.2 Å². The Balaban J connectivity index is 2.08. The molecule has 2 unspecified atom stereocenters. The molecule has 0 aromatic heterocycles. The molecule has 1 aliphatic rings. The van der Waals surface area contributed by atoms with E-state index in [1.54, 1.807) is 6.92 Å². The first-order chi connectivity index (χ1) is 9.15. The number of aryl methyl sites for hydroxylation is 1. The van der Waals surface area contributed by atoms with E-state index in [0.29, 0.717) is 18.8 Å². The van der Waals surface area contributed by atoms with Gasteiger partial charge in [-0.05, 0) is 49.4 Å². The van der Waals surface area contributed by atoms with Crippen LogP contribution in [0.2, 0.25) is 0 Å². The molecule has 0 radical (unpaired) electrons. The van der Waals surface area contributed by atoms with E-state index < -0.39 is 6.10 Å². The third kappa shape index (κ3) is 3.07. The van der Waals surface area contributed by atoms with Gasteiger partial charge in [0, 0.05) is 6.04 Å². The van der Waals surface area contributed by atoms with Crippen LogP contribution in [0.15, 0.2) is 18.2 Å². The Bertz CT molecular complexity index is 459. The third-order valence-electron chi connectivity index (χ3n) is 3.44. The Kier molecular flexibility index (Phi) is 4.43. The van der Waals surface area contributed by atoms with Crippen molar-refractivity contribution in [3.05, 3.63) is 29.3 Å². The van der Waals surface area contributed by atoms with Gasteiger partial charge in [0.2, 0.25) is 0 Å². The van der Waals surface area contributed by atoms with Gasteiger partial charge in [-0.3, -0.25) is 0 Å². The van der Waals surface area contributed by atoms with Crippen molar-refractivity contribution in [2.75, 3.05) is 6.61 Å². The van der Waals surface area contributed by atoms with Gasteiger partial charge in [-0.2, -0.15) is 0 Å². The molecule has 2 rings (SSSR count). The van der Waals surface area contributed by atoms with Crippen molar-refractivity contribution >= 4 is 5.97 Å². The zero-order valence-electron chi connectivity index (χ0n) is 11.5. The van der Waals surface area contributed by atoms with Gasteiger partial charge in [-0.25, -0.2) is 4.79 Å². The number of carbonyl (C=O) groups is 1. The molecule has 0 bridgehead atoms. The lowest BCUT2D eigenvalue weighted by Crippen LogP contribution is -2.28. The molecule has 0 aliphatic heterocycles. The van der Waals surface area contributed by atoms with E-state index in [-0.39, 0.29) is 12.0 Å². The predicted octanol–water partition coefficient (Wildman–Crippen LogP) is 2.35. The smallest absolute Gasteiger partial charge is 0.347 e. The Morgan fingerprint density at radius 3 is 2.95 bits per heavy atom. The maximum absolute atomic E-state index is 11.7. The zero-order chi connectivity index (χ0) is 13.8. The quantitative estimate of drug-likeness (QED) is 0.828. The molecule has 0 saturated carbocycles. The Hall–Kier alpha value is -1.55. The fourth-order valence-corrected chi connectivity index (χ4v) is 2.40. The number of nitrogens with two attached hydrogens (primary N) is 1. The molecule has 0 spiro atoms. The van der Waals surface area contributed by atoms with Gasteiger partial charge in [0.1, 0.15) is 5.75 Å². The monoisotopic (exact) mass is 263 g/mol. The summed E-state index contributed by atoms with van der Waals surface area (Å²) in [5.74, 6) is 0.412. The summed E-state index contributed by atoms with van der Waals surface area (Å²) in [6.45, 7) is 4.07. The number of hydrogen-bond acceptors (Lipinski definition) is 4. The maximum Gasteiger partial charge on any atom is 0.347 e. The van der Waals surface area contributed by atoms with Crippen LogP contribution in [0, 0.1) is 0 Å². The number of ether oxygens (including phenoxy) is 2. The van der Waals surface area contributed by atoms with Crippen LogP contribution >= 0.6 is 0 Å². The minimum absolute atomic E-state index is 0.135. The molecular weight excluding hydrogens is 242 g/mol. The van der Waals surface area contributed by atoms with Gasteiger partial charge in [0.05, 0.1) is 6.61 Å². The summed E-state index contributed by atoms with van der Waals surface area (Å²) < 4.78 is 10.7. The van der Waals surface area contributed by atoms with Gasteiger partial charge in [0.25, 0.3) is 0 Å². The van der Waals surface area contributed by atoms with Crippen LogP contribution in [0.25, 0.3) is 0 Å². The SMILES string of the molecule is CCOC(=O)C(CC)Oc1ccc2c(c1)CCC2N. The van der Waals surface area contributed by atoms with Crippen LogP contribution in [-0.4, -0.2) is 18.7 Å². The molecule has 19 heavy (non-hydrogen) atoms. The summed E-state index contributed by atoms with van der Waals surface area (Å²) in [5, 5.41) is 0. The van der Waals surface area contributed by atoms with Gasteiger partial charge in [-0.15, -0.1) is 0 Å². The van der Waals surface area contributed by atoms with Crippen molar-refractivity contribution in [3.8, 4) is 5.75 Å². The molecule has 2 atom stereocenters. The van der Waals surface area contributed by atoms with E-state index >= 15 is 0 Å². The number of fused-ring (bicyclic) bond motifs is 1. The molecule has 1 aromatic carbocycles. The number of rotatable bonds is 5. The van der Waals surface area contributed by atoms with Gasteiger partial charge in [-0.1, -0.05) is 13.0 Å². The van der Waals surface area contributed by atoms with Gasteiger partial charge in [0.15, 0.2) is 6.10 Å². The highest BCUT2D eigenvalue weighted by molar-refractivity contribution is 5.75. The molecule has 1 aliphatic carbocycles. The summed E-state index contributed by atoms with van der Waals surface area (Å²) >= 11 is 0. The van der Waals surface area contributed by atoms with E-state index in [9.17, 15) is 4.79 Å². The number of esters is 1. The minimum atomic E-state index is -0.534. The fraction of sp³-hybridized carbons (Fsp3) is 0.533. The number of hydrogen-bond donors (Lipinski definition) is 1. The van der Waals surface area contributed by atoms with Crippen molar-refractivity contribution in [3.63, 3.8) is 0 Å². The lowest BCUT2D eigenvalue weighted by molar-refractivity contribution is -0.151. The molecule has 0 saturated heterocycles. The van der Waals surface area contributed by atoms with Crippen LogP contribution in [0.4, 0.5) is 0 Å². The normalized spacial score (nSPS) is 18.8. The topological polar surface area (TPSA) is 61.5 Å². The summed E-state index contributed by atoms with van der Waals surface area (Å²) in [6.07, 6.45) is 2.01. The van der Waals surface area contributed by atoms with Crippen molar-refractivity contribution in [2.24, 2.45) is 5.73 Å². The average Bonchev–Trinajstić information content (AvgIpc) is 2.77. The summed E-state index contributed by atoms with van der Waals surface area (Å²) in [7, 11) is 0. The molecule has 0 heterocycles. The lowest BCUT2D eigenvalue weighted by atomic mass is 10.1. The lowest BCUT2D eigenvalue weighted by Gasteiger charge is -2.16. The van der Waals surface area contributed by atoms with Crippen LogP contribution < -0.4 is 10.5 Å². The van der Waals surface area contributed by atoms with Gasteiger partial charge >= 0.3 is 5.97 Å². The van der Waals surface area contributed by atoms with E-state index in [1.807, 2.05) is 25.1 Å². The summed E-state index contributed by atoms with van der Waals surface area (Å²) in [6, 6.07) is 6.01. The zero-order valence-corrected chi connectivity index (χ0v) is 11.5. The first kappa shape index (κ1) is 13.9. The fourth-order valence-electron chi connectivity index (χ4n) is 2.40. The number of benzene rings is 1. The van der Waals surface area contributed by atoms with Crippen LogP contribution in [0.1, 0.15) is 43.9 Å². The molecular formula is C15H21NO3. The molecule has 0 fully saturated rings. The van der Waals surface area contributed by atoms with E-state index in [0.717, 1.165) is 12.8 Å². The van der Waals surface area contributed by atoms with E-state index in [2.05, 4.69) is 0 Å². The van der Waals surface area contributed by atoms with Crippen molar-refractivity contribution in [1.29, 1.82) is 0 Å². The first-order valence-corrected chi connectivity index (χ1v) is 6.87. The third-order valence-corrected chi connectivity index (χ3v) is 3.44. The highest BCUT2D eigenvalue weighted by atomic mass is 16.6. The van der Waals surface area contributed by atoms with Crippen molar-refractivity contribution in [2.45, 2.75) is 45.3 Å². The molecule has 104 valence electrons. The second-order valence-corrected chi connectivity index (χ2v) is 4.77. The number of carbonyl (C=O) groups excluding carboxylic acids is 1. The van der Waals surface area contributed by atoms with E-state index in [1.165, 1.54) is 11.1 Å². The van der Waals surface area contributed by atoms with Crippen LogP contribution in [0.3, 0.4) is 0 Å². The highest BCUT2D eigenvalue weighted by Gasteiger charge is 2.22. The van der Waals surface area contributed by atoms with Crippen molar-refractivity contribution < 1.29 is 14.3 Å². The highest BCUT2D eigenvalue weighted by Crippen LogP contribution is 2.32. The standard InChI is InChI=1S/C15H21NO3/c1-3-14(15(17)18-4-2)19-11-6-7-12-10(9-11)5-8-13(12)16/h6-7,9,13-14H,3-5,8,16H2,1-2H3. The Morgan fingerprint density at radius 2 is 2.26 bits per heavy atom. The first-order valence-electron chi connectivity index (χ1n) is 6.87. The molecule has 4 nitrogen and oxygen atoms in total. The molecule has 4 heteroatoms. The average molecular weight is 263 g/mol. The molecule has 1 aromatic rings. The molecule has 2 N–H and O–H groups in total. The second-order valence-electron chi connectivity index (χ2n) is 4.77. The Morgan fingerprint density at radius 1 is 1.47 bits per heavy atom. The predicted molar refractivity (Wildman–Crippen MR) is 73.0 cm³/mol. The van der Waals surface area contributed by atoms with Gasteiger partial charge < -0.3 is 15.2 Å². The van der Waals surface area contributed by atoms with Crippen molar-refractivity contribution in [1.82, 2.24) is 0 Å².